The minimum Gasteiger partial charge on any atom is -0.385 e. The Morgan fingerprint density at radius 3 is 2.53 bits per heavy atom. The quantitative estimate of drug-likeness (QED) is 0.636. The van der Waals surface area contributed by atoms with E-state index in [9.17, 15) is 9.59 Å². The smallest absolute Gasteiger partial charge is 0.244 e. The van der Waals surface area contributed by atoms with Gasteiger partial charge in [0.15, 0.2) is 0 Å². The Bertz CT molecular complexity index is 219. The highest BCUT2D eigenvalue weighted by atomic mass is 16.5. The Kier molecular flexibility index (Phi) is 6.70. The first-order valence-electron chi connectivity index (χ1n) is 5.00. The number of nitrogens with one attached hydrogen (secondary N) is 1. The van der Waals surface area contributed by atoms with Crippen LogP contribution in [0.3, 0.4) is 0 Å². The molecule has 2 amide bonds. The van der Waals surface area contributed by atoms with Gasteiger partial charge < -0.3 is 15.0 Å². The summed E-state index contributed by atoms with van der Waals surface area (Å²) in [5.41, 5.74) is 0. The van der Waals surface area contributed by atoms with Gasteiger partial charge in [-0.25, -0.2) is 0 Å². The van der Waals surface area contributed by atoms with E-state index in [1.807, 2.05) is 0 Å². The molecule has 1 N–H and O–H groups in total. The summed E-state index contributed by atoms with van der Waals surface area (Å²) in [4.78, 5) is 24.0. The van der Waals surface area contributed by atoms with Crippen LogP contribution in [0.25, 0.3) is 0 Å². The number of amides is 2. The van der Waals surface area contributed by atoms with Crippen LogP contribution in [-0.2, 0) is 14.3 Å². The second-order valence-corrected chi connectivity index (χ2v) is 3.53. The molecule has 5 heteroatoms. The van der Waals surface area contributed by atoms with Gasteiger partial charge >= 0.3 is 0 Å². The van der Waals surface area contributed by atoms with Crippen LogP contribution < -0.4 is 5.32 Å². The molecule has 0 aromatic rings. The third-order valence-corrected chi connectivity index (χ3v) is 2.01. The summed E-state index contributed by atoms with van der Waals surface area (Å²) in [5, 5.41) is 2.55. The van der Waals surface area contributed by atoms with Crippen LogP contribution in [0.2, 0.25) is 0 Å². The second kappa shape index (κ2) is 7.23. The molecule has 0 saturated carbocycles. The van der Waals surface area contributed by atoms with E-state index in [2.05, 4.69) is 5.32 Å². The molecule has 1 unspecified atom stereocenters. The molecule has 0 aliphatic heterocycles. The molecule has 0 radical (unpaired) electrons. The molecule has 5 nitrogen and oxygen atoms in total. The number of methoxy groups -OCH3 is 1. The lowest BCUT2D eigenvalue weighted by Gasteiger charge is -2.21. The average Bonchev–Trinajstić information content (AvgIpc) is 2.15. The van der Waals surface area contributed by atoms with Crippen molar-refractivity contribution in [3.8, 4) is 0 Å². The molecule has 0 aromatic carbocycles. The van der Waals surface area contributed by atoms with E-state index >= 15 is 0 Å². The second-order valence-electron chi connectivity index (χ2n) is 3.53. The highest BCUT2D eigenvalue weighted by Crippen LogP contribution is 1.94. The maximum atomic E-state index is 11.6. The Hall–Kier alpha value is -1.10. The van der Waals surface area contributed by atoms with Gasteiger partial charge in [0, 0.05) is 34.2 Å². The van der Waals surface area contributed by atoms with Gasteiger partial charge in [0.05, 0.1) is 0 Å². The fraction of sp³-hybridized carbons (Fsp3) is 0.800. The van der Waals surface area contributed by atoms with Crippen molar-refractivity contribution in [2.45, 2.75) is 26.3 Å². The molecule has 15 heavy (non-hydrogen) atoms. The molecule has 0 spiro atoms. The van der Waals surface area contributed by atoms with Crippen LogP contribution in [0, 0.1) is 0 Å². The maximum absolute atomic E-state index is 11.6. The number of ether oxygens (including phenoxy) is 1. The molecule has 88 valence electrons. The third kappa shape index (κ3) is 6.06. The number of likely N-dealkylation sites (N-methyl/N-ethyl adjacent to an activating group) is 1. The third-order valence-electron chi connectivity index (χ3n) is 2.01. The van der Waals surface area contributed by atoms with E-state index in [0.29, 0.717) is 13.2 Å². The SMILES string of the molecule is COCCCN(C)C(=O)C(C)NC(C)=O. The van der Waals surface area contributed by atoms with Crippen molar-refractivity contribution in [1.29, 1.82) is 0 Å². The van der Waals surface area contributed by atoms with Gasteiger partial charge in [-0.05, 0) is 13.3 Å². The maximum Gasteiger partial charge on any atom is 0.244 e. The van der Waals surface area contributed by atoms with Gasteiger partial charge in [-0.1, -0.05) is 0 Å². The van der Waals surface area contributed by atoms with Crippen molar-refractivity contribution < 1.29 is 14.3 Å². The van der Waals surface area contributed by atoms with Crippen LogP contribution in [-0.4, -0.2) is 50.1 Å². The highest BCUT2D eigenvalue weighted by molar-refractivity contribution is 5.86. The van der Waals surface area contributed by atoms with Crippen molar-refractivity contribution in [3.05, 3.63) is 0 Å². The van der Waals surface area contributed by atoms with Crippen LogP contribution in [0.4, 0.5) is 0 Å². The molecule has 0 saturated heterocycles. The van der Waals surface area contributed by atoms with Gasteiger partial charge in [-0.3, -0.25) is 9.59 Å². The normalized spacial score (nSPS) is 12.0. The molecule has 0 bridgehead atoms. The predicted octanol–water partition coefficient (Wildman–Crippen LogP) is 0.00590. The van der Waals surface area contributed by atoms with Crippen molar-refractivity contribution in [2.75, 3.05) is 27.3 Å². The van der Waals surface area contributed by atoms with Crippen molar-refractivity contribution in [1.82, 2.24) is 10.2 Å². The minimum absolute atomic E-state index is 0.0821. The standard InChI is InChI=1S/C10H20N2O3/c1-8(11-9(2)13)10(14)12(3)6-5-7-15-4/h8H,5-7H2,1-4H3,(H,11,13). The number of rotatable bonds is 6. The molecule has 0 heterocycles. The Balaban J connectivity index is 3.90. The van der Waals surface area contributed by atoms with Crippen molar-refractivity contribution in [3.63, 3.8) is 0 Å². The van der Waals surface area contributed by atoms with Gasteiger partial charge in [-0.2, -0.15) is 0 Å². The van der Waals surface area contributed by atoms with E-state index in [4.69, 9.17) is 4.74 Å². The zero-order valence-electron chi connectivity index (χ0n) is 9.87. The molecule has 0 aliphatic rings. The van der Waals surface area contributed by atoms with Gasteiger partial charge in [-0.15, -0.1) is 0 Å². The summed E-state index contributed by atoms with van der Waals surface area (Å²) >= 11 is 0. The lowest BCUT2D eigenvalue weighted by molar-refractivity contribution is -0.134. The van der Waals surface area contributed by atoms with Crippen LogP contribution in [0.5, 0.6) is 0 Å². The van der Waals surface area contributed by atoms with E-state index in [0.717, 1.165) is 6.42 Å². The molecule has 1 atom stereocenters. The molecular formula is C10H20N2O3. The fourth-order valence-electron chi connectivity index (χ4n) is 1.25. The Morgan fingerprint density at radius 1 is 1.47 bits per heavy atom. The van der Waals surface area contributed by atoms with Gasteiger partial charge in [0.25, 0.3) is 0 Å². The Morgan fingerprint density at radius 2 is 2.07 bits per heavy atom. The topological polar surface area (TPSA) is 58.6 Å². The van der Waals surface area contributed by atoms with E-state index in [1.54, 1.807) is 26.0 Å². The van der Waals surface area contributed by atoms with Crippen LogP contribution in [0.1, 0.15) is 20.3 Å². The zero-order chi connectivity index (χ0) is 11.8. The highest BCUT2D eigenvalue weighted by Gasteiger charge is 2.17. The van der Waals surface area contributed by atoms with Crippen LogP contribution >= 0.6 is 0 Å². The monoisotopic (exact) mass is 216 g/mol. The summed E-state index contributed by atoms with van der Waals surface area (Å²) in [6.45, 7) is 4.34. The van der Waals surface area contributed by atoms with E-state index < -0.39 is 6.04 Å². The summed E-state index contributed by atoms with van der Waals surface area (Å²) in [6, 6.07) is -0.463. The summed E-state index contributed by atoms with van der Waals surface area (Å²) < 4.78 is 4.89. The summed E-state index contributed by atoms with van der Waals surface area (Å²) in [6.07, 6.45) is 0.797. The van der Waals surface area contributed by atoms with E-state index in [-0.39, 0.29) is 11.8 Å². The lowest BCUT2D eigenvalue weighted by Crippen LogP contribution is -2.45. The average molecular weight is 216 g/mol. The predicted molar refractivity (Wildman–Crippen MR) is 57.4 cm³/mol. The number of carbonyl (C=O) groups is 2. The first-order valence-corrected chi connectivity index (χ1v) is 5.00. The minimum atomic E-state index is -0.463. The number of carbonyl (C=O) groups excluding carboxylic acids is 2. The van der Waals surface area contributed by atoms with E-state index in [1.165, 1.54) is 6.92 Å². The molecular weight excluding hydrogens is 196 g/mol. The number of hydrogen-bond donors (Lipinski definition) is 1. The lowest BCUT2D eigenvalue weighted by atomic mass is 10.3. The van der Waals surface area contributed by atoms with Crippen LogP contribution in [0.15, 0.2) is 0 Å². The fourth-order valence-corrected chi connectivity index (χ4v) is 1.25. The van der Waals surface area contributed by atoms with Gasteiger partial charge in [0.1, 0.15) is 6.04 Å². The van der Waals surface area contributed by atoms with Gasteiger partial charge in [0.2, 0.25) is 11.8 Å². The zero-order valence-corrected chi connectivity index (χ0v) is 9.87. The molecule has 0 aliphatic carbocycles. The van der Waals surface area contributed by atoms with Crippen molar-refractivity contribution in [2.24, 2.45) is 0 Å². The summed E-state index contributed by atoms with van der Waals surface area (Å²) in [5.74, 6) is -0.276. The molecule has 0 rings (SSSR count). The van der Waals surface area contributed by atoms with Crippen molar-refractivity contribution >= 4 is 11.8 Å². The largest absolute Gasteiger partial charge is 0.385 e. The first kappa shape index (κ1) is 13.9. The Labute approximate surface area is 90.8 Å². The number of nitrogens with zero attached hydrogens (tertiary/aromatic N) is 1. The first-order chi connectivity index (χ1) is 6.99. The number of hydrogen-bond acceptors (Lipinski definition) is 3. The summed E-state index contributed by atoms with van der Waals surface area (Å²) in [7, 11) is 3.35. The molecule has 0 fully saturated rings. The molecule has 0 aromatic heterocycles.